The molecule has 0 bridgehead atoms. The van der Waals surface area contributed by atoms with Gasteiger partial charge in [0.1, 0.15) is 0 Å². The number of rotatable bonds is 4. The highest BCUT2D eigenvalue weighted by Crippen LogP contribution is 2.30. The number of aryl methyl sites for hydroxylation is 1. The number of aromatic nitrogens is 1. The predicted molar refractivity (Wildman–Crippen MR) is 66.4 cm³/mol. The second-order valence-corrected chi connectivity index (χ2v) is 4.58. The Kier molecular flexibility index (Phi) is 3.43. The molecule has 1 aliphatic carbocycles. The van der Waals surface area contributed by atoms with Crippen LogP contribution in [0.15, 0.2) is 18.5 Å². The van der Waals surface area contributed by atoms with Crippen molar-refractivity contribution in [2.75, 3.05) is 13.1 Å². The summed E-state index contributed by atoms with van der Waals surface area (Å²) in [6.45, 7) is 3.08. The first-order chi connectivity index (χ1) is 8.20. The summed E-state index contributed by atoms with van der Waals surface area (Å²) in [5.41, 5.74) is 1.61. The maximum absolute atomic E-state index is 12.2. The van der Waals surface area contributed by atoms with E-state index in [1.54, 1.807) is 17.3 Å². The molecule has 1 amide bonds. The van der Waals surface area contributed by atoms with Gasteiger partial charge in [-0.25, -0.2) is 0 Å². The van der Waals surface area contributed by atoms with E-state index in [9.17, 15) is 4.79 Å². The molecule has 3 heteroatoms. The van der Waals surface area contributed by atoms with Crippen molar-refractivity contribution >= 4 is 5.91 Å². The lowest BCUT2D eigenvalue weighted by molar-refractivity contribution is 0.0769. The molecule has 1 aromatic rings. The van der Waals surface area contributed by atoms with E-state index in [0.29, 0.717) is 18.0 Å². The molecule has 0 spiro atoms. The van der Waals surface area contributed by atoms with Crippen LogP contribution in [-0.4, -0.2) is 28.9 Å². The lowest BCUT2D eigenvalue weighted by atomic mass is 10.2. The monoisotopic (exact) mass is 228 g/mol. The minimum atomic E-state index is -0.00829. The van der Waals surface area contributed by atoms with E-state index in [1.807, 2.05) is 13.0 Å². The molecule has 1 fully saturated rings. The Morgan fingerprint density at radius 2 is 2.35 bits per heavy atom. The van der Waals surface area contributed by atoms with Crippen molar-refractivity contribution in [3.05, 3.63) is 29.6 Å². The van der Waals surface area contributed by atoms with Gasteiger partial charge in [0.05, 0.1) is 12.1 Å². The molecule has 0 aromatic carbocycles. The summed E-state index contributed by atoms with van der Waals surface area (Å²) in [7, 11) is 0. The molecule has 0 saturated heterocycles. The average molecular weight is 228 g/mol. The lowest BCUT2D eigenvalue weighted by Crippen LogP contribution is -2.33. The maximum atomic E-state index is 12.2. The molecule has 0 N–H and O–H groups in total. The summed E-state index contributed by atoms with van der Waals surface area (Å²) in [6, 6.07) is 1.85. The molecule has 0 unspecified atom stereocenters. The van der Waals surface area contributed by atoms with Gasteiger partial charge in [-0.3, -0.25) is 9.78 Å². The first-order valence-corrected chi connectivity index (χ1v) is 5.85. The Morgan fingerprint density at radius 3 is 2.94 bits per heavy atom. The van der Waals surface area contributed by atoms with Gasteiger partial charge in [0.25, 0.3) is 5.91 Å². The molecule has 2 rings (SSSR count). The quantitative estimate of drug-likeness (QED) is 0.737. The van der Waals surface area contributed by atoms with Gasteiger partial charge in [-0.05, 0) is 37.3 Å². The third kappa shape index (κ3) is 3.07. The van der Waals surface area contributed by atoms with Gasteiger partial charge in [-0.15, -0.1) is 6.42 Å². The van der Waals surface area contributed by atoms with E-state index in [2.05, 4.69) is 10.9 Å². The molecule has 1 saturated carbocycles. The van der Waals surface area contributed by atoms with Gasteiger partial charge in [0.2, 0.25) is 0 Å². The molecule has 3 nitrogen and oxygen atoms in total. The van der Waals surface area contributed by atoms with Crippen LogP contribution in [0.25, 0.3) is 0 Å². The van der Waals surface area contributed by atoms with E-state index in [0.717, 1.165) is 12.1 Å². The zero-order valence-electron chi connectivity index (χ0n) is 10.0. The highest BCUT2D eigenvalue weighted by Gasteiger charge is 2.26. The van der Waals surface area contributed by atoms with Crippen LogP contribution in [0.4, 0.5) is 0 Å². The minimum Gasteiger partial charge on any atom is -0.327 e. The summed E-state index contributed by atoms with van der Waals surface area (Å²) < 4.78 is 0. The van der Waals surface area contributed by atoms with Crippen molar-refractivity contribution in [2.24, 2.45) is 5.92 Å². The third-order valence-corrected chi connectivity index (χ3v) is 2.87. The Bertz CT molecular complexity index is 458. The molecular weight excluding hydrogens is 212 g/mol. The molecule has 1 heterocycles. The zero-order valence-corrected chi connectivity index (χ0v) is 10.0. The highest BCUT2D eigenvalue weighted by atomic mass is 16.2. The van der Waals surface area contributed by atoms with Crippen molar-refractivity contribution in [3.63, 3.8) is 0 Å². The van der Waals surface area contributed by atoms with Crippen LogP contribution in [0.1, 0.15) is 28.8 Å². The molecule has 1 aromatic heterocycles. The van der Waals surface area contributed by atoms with Crippen molar-refractivity contribution in [2.45, 2.75) is 19.8 Å². The van der Waals surface area contributed by atoms with Gasteiger partial charge < -0.3 is 4.90 Å². The minimum absolute atomic E-state index is 0.00829. The molecule has 0 atom stereocenters. The smallest absolute Gasteiger partial charge is 0.256 e. The Balaban J connectivity index is 2.12. The van der Waals surface area contributed by atoms with Gasteiger partial charge in [-0.1, -0.05) is 5.92 Å². The first-order valence-electron chi connectivity index (χ1n) is 5.85. The largest absolute Gasteiger partial charge is 0.327 e. The molecule has 1 aliphatic rings. The van der Waals surface area contributed by atoms with Crippen molar-refractivity contribution in [1.29, 1.82) is 0 Å². The topological polar surface area (TPSA) is 33.2 Å². The average Bonchev–Trinajstić information content (AvgIpc) is 3.11. The van der Waals surface area contributed by atoms with Crippen molar-refractivity contribution < 1.29 is 4.79 Å². The fourth-order valence-electron chi connectivity index (χ4n) is 1.80. The first kappa shape index (κ1) is 11.7. The second kappa shape index (κ2) is 5.01. The third-order valence-electron chi connectivity index (χ3n) is 2.87. The molecule has 0 radical (unpaired) electrons. The molecule has 0 aliphatic heterocycles. The summed E-state index contributed by atoms with van der Waals surface area (Å²) in [4.78, 5) is 18.0. The van der Waals surface area contributed by atoms with Gasteiger partial charge in [0, 0.05) is 18.9 Å². The van der Waals surface area contributed by atoms with E-state index < -0.39 is 0 Å². The summed E-state index contributed by atoms with van der Waals surface area (Å²) in [5.74, 6) is 3.19. The van der Waals surface area contributed by atoms with Crippen LogP contribution in [0, 0.1) is 25.2 Å². The van der Waals surface area contributed by atoms with Crippen LogP contribution in [0.3, 0.4) is 0 Å². The normalized spacial score (nSPS) is 14.1. The SMILES string of the molecule is C#CCN(CC1CC1)C(=O)c1cncc(C)c1. The molecule has 17 heavy (non-hydrogen) atoms. The van der Waals surface area contributed by atoms with Crippen LogP contribution in [0.2, 0.25) is 0 Å². The maximum Gasteiger partial charge on any atom is 0.256 e. The number of amides is 1. The van der Waals surface area contributed by atoms with Crippen LogP contribution in [0.5, 0.6) is 0 Å². The number of hydrogen-bond donors (Lipinski definition) is 0. The summed E-state index contributed by atoms with van der Waals surface area (Å²) in [6.07, 6.45) is 11.1. The van der Waals surface area contributed by atoms with E-state index in [1.165, 1.54) is 12.8 Å². The second-order valence-electron chi connectivity index (χ2n) is 4.58. The Labute approximate surface area is 102 Å². The van der Waals surface area contributed by atoms with E-state index in [4.69, 9.17) is 6.42 Å². The lowest BCUT2D eigenvalue weighted by Gasteiger charge is -2.20. The zero-order chi connectivity index (χ0) is 12.3. The Morgan fingerprint density at radius 1 is 1.59 bits per heavy atom. The summed E-state index contributed by atoms with van der Waals surface area (Å²) >= 11 is 0. The van der Waals surface area contributed by atoms with Gasteiger partial charge in [-0.2, -0.15) is 0 Å². The van der Waals surface area contributed by atoms with Crippen LogP contribution < -0.4 is 0 Å². The molecule has 88 valence electrons. The van der Waals surface area contributed by atoms with Crippen LogP contribution in [-0.2, 0) is 0 Å². The van der Waals surface area contributed by atoms with Crippen molar-refractivity contribution in [3.8, 4) is 12.3 Å². The highest BCUT2D eigenvalue weighted by molar-refractivity contribution is 5.94. The number of nitrogens with zero attached hydrogens (tertiary/aromatic N) is 2. The predicted octanol–water partition coefficient (Wildman–Crippen LogP) is 1.88. The summed E-state index contributed by atoms with van der Waals surface area (Å²) in [5, 5.41) is 0. The fourth-order valence-corrected chi connectivity index (χ4v) is 1.80. The van der Waals surface area contributed by atoms with Crippen LogP contribution >= 0.6 is 0 Å². The number of pyridine rings is 1. The fraction of sp³-hybridized carbons (Fsp3) is 0.429. The Hall–Kier alpha value is -1.82. The van der Waals surface area contributed by atoms with E-state index >= 15 is 0 Å². The van der Waals surface area contributed by atoms with E-state index in [-0.39, 0.29) is 5.91 Å². The van der Waals surface area contributed by atoms with Gasteiger partial charge >= 0.3 is 0 Å². The number of hydrogen-bond acceptors (Lipinski definition) is 2. The number of carbonyl (C=O) groups is 1. The standard InChI is InChI=1S/C14H16N2O/c1-3-6-16(10-12-4-5-12)14(17)13-7-11(2)8-15-9-13/h1,7-9,12H,4-6,10H2,2H3. The van der Waals surface area contributed by atoms with Gasteiger partial charge in [0.15, 0.2) is 0 Å². The molecular formula is C14H16N2O. The number of carbonyl (C=O) groups excluding carboxylic acids is 1. The number of terminal acetylenes is 1. The van der Waals surface area contributed by atoms with Crippen molar-refractivity contribution in [1.82, 2.24) is 9.88 Å².